The van der Waals surface area contributed by atoms with E-state index in [-0.39, 0.29) is 12.4 Å². The summed E-state index contributed by atoms with van der Waals surface area (Å²) in [5, 5.41) is 4.17. The second-order valence-electron chi connectivity index (χ2n) is 4.74. The van der Waals surface area contributed by atoms with Gasteiger partial charge in [-0.2, -0.15) is 0 Å². The molecule has 0 amide bonds. The van der Waals surface area contributed by atoms with E-state index in [9.17, 15) is 0 Å². The first kappa shape index (κ1) is 20.1. The molecule has 0 fully saturated rings. The molecule has 1 N–H and O–H groups in total. The van der Waals surface area contributed by atoms with Gasteiger partial charge in [-0.25, -0.2) is 0 Å². The van der Waals surface area contributed by atoms with Gasteiger partial charge in [0.2, 0.25) is 0 Å². The Balaban J connectivity index is 0.00000264. The number of hydrogen-bond acceptors (Lipinski definition) is 3. The van der Waals surface area contributed by atoms with E-state index >= 15 is 0 Å². The lowest BCUT2D eigenvalue weighted by Gasteiger charge is -2.14. The Morgan fingerprint density at radius 2 is 1.91 bits per heavy atom. The molecule has 126 valence electrons. The zero-order valence-corrected chi connectivity index (χ0v) is 16.2. The lowest BCUT2D eigenvalue weighted by molar-refractivity contribution is 0.308. The number of ether oxygens (including phenoxy) is 2. The highest BCUT2D eigenvalue weighted by Gasteiger charge is 2.11. The number of halogens is 3. The molecular formula is C17H20BrCl2NO2. The molecule has 0 unspecified atom stereocenters. The fraction of sp³-hybridized carbons (Fsp3) is 0.294. The first-order valence-electron chi connectivity index (χ1n) is 7.09. The maximum absolute atomic E-state index is 6.15. The molecule has 0 bridgehead atoms. The van der Waals surface area contributed by atoms with Crippen molar-refractivity contribution in [3.63, 3.8) is 0 Å². The summed E-state index contributed by atoms with van der Waals surface area (Å²) in [6.45, 7) is 3.98. The summed E-state index contributed by atoms with van der Waals surface area (Å²) >= 11 is 9.68. The van der Waals surface area contributed by atoms with Gasteiger partial charge in [0.15, 0.2) is 11.5 Å². The molecule has 0 aliphatic heterocycles. The summed E-state index contributed by atoms with van der Waals surface area (Å²) in [5.74, 6) is 1.46. The van der Waals surface area contributed by atoms with Gasteiger partial charge in [-0.15, -0.1) is 12.4 Å². The third kappa shape index (κ3) is 5.57. The highest BCUT2D eigenvalue weighted by molar-refractivity contribution is 9.10. The average molecular weight is 421 g/mol. The lowest BCUT2D eigenvalue weighted by atomic mass is 10.2. The SMILES string of the molecule is CCOc1c(Br)cc(CNCc2ccccc2Cl)cc1OC.Cl. The predicted molar refractivity (Wildman–Crippen MR) is 101 cm³/mol. The zero-order chi connectivity index (χ0) is 15.9. The van der Waals surface area contributed by atoms with Crippen LogP contribution in [-0.2, 0) is 13.1 Å². The second kappa shape index (κ2) is 10.0. The Morgan fingerprint density at radius 1 is 1.17 bits per heavy atom. The van der Waals surface area contributed by atoms with E-state index in [1.54, 1.807) is 7.11 Å². The molecule has 0 aliphatic rings. The predicted octanol–water partition coefficient (Wildman–Crippen LogP) is 5.22. The van der Waals surface area contributed by atoms with Crippen LogP contribution in [0.1, 0.15) is 18.1 Å². The number of benzene rings is 2. The Kier molecular flexibility index (Phi) is 8.77. The summed E-state index contributed by atoms with van der Waals surface area (Å²) < 4.78 is 11.9. The maximum atomic E-state index is 6.15. The van der Waals surface area contributed by atoms with E-state index in [0.717, 1.165) is 32.1 Å². The van der Waals surface area contributed by atoms with Gasteiger partial charge in [-0.3, -0.25) is 0 Å². The fourth-order valence-corrected chi connectivity index (χ4v) is 2.95. The Morgan fingerprint density at radius 3 is 2.57 bits per heavy atom. The van der Waals surface area contributed by atoms with Crippen LogP contribution in [-0.4, -0.2) is 13.7 Å². The molecule has 0 radical (unpaired) electrons. The third-order valence-electron chi connectivity index (χ3n) is 3.18. The molecular weight excluding hydrogens is 401 g/mol. The van der Waals surface area contributed by atoms with Gasteiger partial charge in [-0.1, -0.05) is 29.8 Å². The minimum absolute atomic E-state index is 0. The fourth-order valence-electron chi connectivity index (χ4n) is 2.14. The van der Waals surface area contributed by atoms with Crippen LogP contribution in [0.2, 0.25) is 5.02 Å². The summed E-state index contributed by atoms with van der Waals surface area (Å²) in [7, 11) is 1.64. The standard InChI is InChI=1S/C17H19BrClNO2.ClH/c1-3-22-17-14(18)8-12(9-16(17)21-2)10-20-11-13-6-4-5-7-15(13)19;/h4-9,20H,3,10-11H2,1-2H3;1H. The molecule has 0 aromatic heterocycles. The van der Waals surface area contributed by atoms with Crippen LogP contribution in [0.15, 0.2) is 40.9 Å². The summed E-state index contributed by atoms with van der Waals surface area (Å²) in [5.41, 5.74) is 2.19. The van der Waals surface area contributed by atoms with Crippen LogP contribution in [0.25, 0.3) is 0 Å². The Labute approximate surface area is 156 Å². The Hall–Kier alpha value is -0.940. The molecule has 0 aliphatic carbocycles. The van der Waals surface area contributed by atoms with Crippen LogP contribution >= 0.6 is 39.9 Å². The number of hydrogen-bond donors (Lipinski definition) is 1. The van der Waals surface area contributed by atoms with Gasteiger partial charge in [0.25, 0.3) is 0 Å². The molecule has 2 rings (SSSR count). The minimum atomic E-state index is 0. The zero-order valence-electron chi connectivity index (χ0n) is 13.1. The van der Waals surface area contributed by atoms with Crippen molar-refractivity contribution in [2.75, 3.05) is 13.7 Å². The molecule has 2 aromatic carbocycles. The van der Waals surface area contributed by atoms with Gasteiger partial charge in [0.1, 0.15) is 0 Å². The lowest BCUT2D eigenvalue weighted by Crippen LogP contribution is -2.13. The highest BCUT2D eigenvalue weighted by atomic mass is 79.9. The van der Waals surface area contributed by atoms with Gasteiger partial charge < -0.3 is 14.8 Å². The molecule has 3 nitrogen and oxygen atoms in total. The largest absolute Gasteiger partial charge is 0.493 e. The minimum Gasteiger partial charge on any atom is -0.493 e. The van der Waals surface area contributed by atoms with Crippen molar-refractivity contribution < 1.29 is 9.47 Å². The van der Waals surface area contributed by atoms with E-state index in [4.69, 9.17) is 21.1 Å². The van der Waals surface area contributed by atoms with Gasteiger partial charge in [0.05, 0.1) is 18.2 Å². The summed E-state index contributed by atoms with van der Waals surface area (Å²) in [6, 6.07) is 11.8. The molecule has 0 heterocycles. The van der Waals surface area contributed by atoms with Crippen molar-refractivity contribution in [1.82, 2.24) is 5.32 Å². The van der Waals surface area contributed by atoms with Crippen molar-refractivity contribution in [1.29, 1.82) is 0 Å². The van der Waals surface area contributed by atoms with E-state index in [2.05, 4.69) is 21.2 Å². The van der Waals surface area contributed by atoms with E-state index in [1.807, 2.05) is 43.3 Å². The average Bonchev–Trinajstić information content (AvgIpc) is 2.51. The van der Waals surface area contributed by atoms with Crippen LogP contribution in [0.4, 0.5) is 0 Å². The van der Waals surface area contributed by atoms with E-state index < -0.39 is 0 Å². The van der Waals surface area contributed by atoms with Crippen molar-refractivity contribution in [3.8, 4) is 11.5 Å². The molecule has 23 heavy (non-hydrogen) atoms. The first-order chi connectivity index (χ1) is 10.7. The summed E-state index contributed by atoms with van der Waals surface area (Å²) in [6.07, 6.45) is 0. The normalized spacial score (nSPS) is 10.1. The van der Waals surface area contributed by atoms with Gasteiger partial charge >= 0.3 is 0 Å². The van der Waals surface area contributed by atoms with Crippen molar-refractivity contribution in [2.24, 2.45) is 0 Å². The topological polar surface area (TPSA) is 30.5 Å². The monoisotopic (exact) mass is 419 g/mol. The van der Waals surface area contributed by atoms with Crippen LogP contribution < -0.4 is 14.8 Å². The van der Waals surface area contributed by atoms with Crippen molar-refractivity contribution in [2.45, 2.75) is 20.0 Å². The van der Waals surface area contributed by atoms with Crippen LogP contribution in [0.5, 0.6) is 11.5 Å². The third-order valence-corrected chi connectivity index (χ3v) is 4.14. The number of rotatable bonds is 7. The molecule has 0 spiro atoms. The van der Waals surface area contributed by atoms with Gasteiger partial charge in [0, 0.05) is 18.1 Å². The smallest absolute Gasteiger partial charge is 0.175 e. The first-order valence-corrected chi connectivity index (χ1v) is 8.26. The quantitative estimate of drug-likeness (QED) is 0.665. The number of methoxy groups -OCH3 is 1. The molecule has 0 atom stereocenters. The van der Waals surface area contributed by atoms with Crippen LogP contribution in [0, 0.1) is 0 Å². The van der Waals surface area contributed by atoms with E-state index in [0.29, 0.717) is 19.7 Å². The Bertz CT molecular complexity index is 638. The van der Waals surface area contributed by atoms with Crippen molar-refractivity contribution in [3.05, 3.63) is 57.0 Å². The highest BCUT2D eigenvalue weighted by Crippen LogP contribution is 2.36. The maximum Gasteiger partial charge on any atom is 0.175 e. The summed E-state index contributed by atoms with van der Waals surface area (Å²) in [4.78, 5) is 0. The number of nitrogens with one attached hydrogen (secondary N) is 1. The van der Waals surface area contributed by atoms with Crippen LogP contribution in [0.3, 0.4) is 0 Å². The van der Waals surface area contributed by atoms with Gasteiger partial charge in [-0.05, 0) is 52.2 Å². The van der Waals surface area contributed by atoms with E-state index in [1.165, 1.54) is 0 Å². The molecule has 6 heteroatoms. The molecule has 2 aromatic rings. The molecule has 0 saturated heterocycles. The van der Waals surface area contributed by atoms with Crippen molar-refractivity contribution >= 4 is 39.9 Å². The second-order valence-corrected chi connectivity index (χ2v) is 6.00. The molecule has 0 saturated carbocycles.